The highest BCUT2D eigenvalue weighted by atomic mass is 15.4. The molecule has 0 atom stereocenters. The molecule has 2 aromatic rings. The first-order valence-electron chi connectivity index (χ1n) is 5.50. The molecule has 0 saturated heterocycles. The van der Waals surface area contributed by atoms with E-state index in [9.17, 15) is 0 Å². The second-order valence-electron chi connectivity index (χ2n) is 4.01. The molecule has 0 aromatic carbocycles. The number of nitrogens with zero attached hydrogens (tertiary/aromatic N) is 4. The summed E-state index contributed by atoms with van der Waals surface area (Å²) in [4.78, 5) is 0. The molecule has 2 aromatic heterocycles. The Balaban J connectivity index is 2.12. The van der Waals surface area contributed by atoms with Crippen molar-refractivity contribution in [2.24, 2.45) is 0 Å². The van der Waals surface area contributed by atoms with Crippen LogP contribution in [0.25, 0.3) is 5.82 Å². The van der Waals surface area contributed by atoms with E-state index < -0.39 is 0 Å². The number of aromatic nitrogens is 4. The van der Waals surface area contributed by atoms with Gasteiger partial charge in [-0.1, -0.05) is 0 Å². The number of hydrogen-bond donors (Lipinski definition) is 1. The van der Waals surface area contributed by atoms with E-state index in [0.717, 1.165) is 24.4 Å². The summed E-state index contributed by atoms with van der Waals surface area (Å²) in [6.45, 7) is 0. The molecule has 0 unspecified atom stereocenters. The van der Waals surface area contributed by atoms with Crippen LogP contribution >= 0.6 is 0 Å². The van der Waals surface area contributed by atoms with Crippen LogP contribution in [-0.4, -0.2) is 20.0 Å². The first-order valence-corrected chi connectivity index (χ1v) is 5.50. The van der Waals surface area contributed by atoms with Gasteiger partial charge in [-0.2, -0.15) is 14.9 Å². The quantitative estimate of drug-likeness (QED) is 0.774. The summed E-state index contributed by atoms with van der Waals surface area (Å²) in [7, 11) is 0. The molecule has 0 spiro atoms. The fraction of sp³-hybridized carbons (Fsp3) is 0.364. The molecular weight excluding hydrogens is 202 g/mol. The van der Waals surface area contributed by atoms with E-state index in [4.69, 9.17) is 5.73 Å². The lowest BCUT2D eigenvalue weighted by Crippen LogP contribution is -2.05. The molecule has 1 aliphatic rings. The lowest BCUT2D eigenvalue weighted by Gasteiger charge is -2.08. The van der Waals surface area contributed by atoms with Gasteiger partial charge in [0.1, 0.15) is 5.82 Å². The zero-order chi connectivity index (χ0) is 11.0. The molecule has 1 aliphatic carbocycles. The Bertz CT molecular complexity index is 503. The maximum atomic E-state index is 6.09. The number of nitrogens with two attached hydrogens (primary N) is 1. The van der Waals surface area contributed by atoms with Crippen molar-refractivity contribution in [3.8, 4) is 5.82 Å². The zero-order valence-electron chi connectivity index (χ0n) is 8.93. The predicted molar refractivity (Wildman–Crippen MR) is 60.2 cm³/mol. The Morgan fingerprint density at radius 2 is 2.12 bits per heavy atom. The van der Waals surface area contributed by atoms with E-state index in [2.05, 4.69) is 15.3 Å². The fourth-order valence-electron chi connectivity index (χ4n) is 2.16. The van der Waals surface area contributed by atoms with Crippen LogP contribution in [0.1, 0.15) is 24.1 Å². The summed E-state index contributed by atoms with van der Waals surface area (Å²) in [6, 6.07) is 3.70. The van der Waals surface area contributed by atoms with Crippen molar-refractivity contribution in [3.05, 3.63) is 29.6 Å². The number of rotatable bonds is 1. The minimum absolute atomic E-state index is 0.689. The van der Waals surface area contributed by atoms with Crippen molar-refractivity contribution in [3.63, 3.8) is 0 Å². The monoisotopic (exact) mass is 215 g/mol. The topological polar surface area (TPSA) is 69.6 Å². The fourth-order valence-corrected chi connectivity index (χ4v) is 2.16. The first kappa shape index (κ1) is 9.33. The highest BCUT2D eigenvalue weighted by Gasteiger charge is 2.19. The molecule has 82 valence electrons. The van der Waals surface area contributed by atoms with Gasteiger partial charge in [-0.3, -0.25) is 0 Å². The van der Waals surface area contributed by atoms with Crippen LogP contribution in [0.15, 0.2) is 18.3 Å². The molecule has 0 bridgehead atoms. The highest BCUT2D eigenvalue weighted by molar-refractivity contribution is 5.48. The lowest BCUT2D eigenvalue weighted by molar-refractivity contribution is 0.670. The molecule has 16 heavy (non-hydrogen) atoms. The minimum atomic E-state index is 0.689. The number of nitrogen functional groups attached to an aromatic ring is 1. The Hall–Kier alpha value is -1.91. The van der Waals surface area contributed by atoms with Gasteiger partial charge in [0, 0.05) is 11.8 Å². The van der Waals surface area contributed by atoms with E-state index in [1.165, 1.54) is 18.4 Å². The van der Waals surface area contributed by atoms with Gasteiger partial charge in [0.25, 0.3) is 0 Å². The number of hydrogen-bond acceptors (Lipinski definition) is 4. The molecular formula is C11H13N5. The van der Waals surface area contributed by atoms with E-state index in [1.54, 1.807) is 10.9 Å². The van der Waals surface area contributed by atoms with Gasteiger partial charge in [0.05, 0.1) is 5.69 Å². The van der Waals surface area contributed by atoms with Gasteiger partial charge in [0.15, 0.2) is 5.82 Å². The van der Waals surface area contributed by atoms with Crippen LogP contribution in [0.2, 0.25) is 0 Å². The summed E-state index contributed by atoms with van der Waals surface area (Å²) < 4.78 is 1.70. The predicted octanol–water partition coefficient (Wildman–Crippen LogP) is 1.12. The first-order chi connectivity index (χ1) is 7.86. The van der Waals surface area contributed by atoms with Crippen molar-refractivity contribution in [2.75, 3.05) is 5.73 Å². The van der Waals surface area contributed by atoms with Crippen molar-refractivity contribution in [1.82, 2.24) is 20.0 Å². The van der Waals surface area contributed by atoms with Crippen LogP contribution in [0.4, 0.5) is 5.82 Å². The Morgan fingerprint density at radius 1 is 1.25 bits per heavy atom. The normalized spacial score (nSPS) is 14.8. The maximum absolute atomic E-state index is 6.09. The average molecular weight is 215 g/mol. The molecule has 0 saturated carbocycles. The van der Waals surface area contributed by atoms with Gasteiger partial charge in [-0.25, -0.2) is 0 Å². The van der Waals surface area contributed by atoms with Gasteiger partial charge in [0.2, 0.25) is 0 Å². The Kier molecular flexibility index (Phi) is 2.09. The maximum Gasteiger partial charge on any atom is 0.177 e. The zero-order valence-corrected chi connectivity index (χ0v) is 8.93. The van der Waals surface area contributed by atoms with E-state index in [1.807, 2.05) is 12.1 Å². The van der Waals surface area contributed by atoms with Crippen LogP contribution in [0, 0.1) is 0 Å². The lowest BCUT2D eigenvalue weighted by atomic mass is 9.98. The third-order valence-corrected chi connectivity index (χ3v) is 2.97. The van der Waals surface area contributed by atoms with E-state index in [-0.39, 0.29) is 0 Å². The Morgan fingerprint density at radius 3 is 2.88 bits per heavy atom. The highest BCUT2D eigenvalue weighted by Crippen LogP contribution is 2.26. The third-order valence-electron chi connectivity index (χ3n) is 2.97. The molecule has 5 heteroatoms. The molecule has 0 amide bonds. The molecule has 0 radical (unpaired) electrons. The molecule has 0 aliphatic heterocycles. The molecule has 0 fully saturated rings. The number of anilines is 1. The minimum Gasteiger partial charge on any atom is -0.383 e. The van der Waals surface area contributed by atoms with Crippen molar-refractivity contribution in [2.45, 2.75) is 25.7 Å². The molecule has 2 heterocycles. The summed E-state index contributed by atoms with van der Waals surface area (Å²) in [6.07, 6.45) is 6.09. The summed E-state index contributed by atoms with van der Waals surface area (Å²) in [5.74, 6) is 1.41. The smallest absolute Gasteiger partial charge is 0.177 e. The van der Waals surface area contributed by atoms with E-state index >= 15 is 0 Å². The van der Waals surface area contributed by atoms with Gasteiger partial charge >= 0.3 is 0 Å². The molecule has 5 nitrogen and oxygen atoms in total. The van der Waals surface area contributed by atoms with Crippen LogP contribution in [-0.2, 0) is 12.8 Å². The van der Waals surface area contributed by atoms with E-state index in [0.29, 0.717) is 5.82 Å². The summed E-state index contributed by atoms with van der Waals surface area (Å²) >= 11 is 0. The van der Waals surface area contributed by atoms with Gasteiger partial charge in [-0.15, -0.1) is 5.10 Å². The van der Waals surface area contributed by atoms with Crippen molar-refractivity contribution in [1.29, 1.82) is 0 Å². The second kappa shape index (κ2) is 3.59. The van der Waals surface area contributed by atoms with Crippen molar-refractivity contribution >= 4 is 5.82 Å². The second-order valence-corrected chi connectivity index (χ2v) is 4.01. The van der Waals surface area contributed by atoms with Crippen LogP contribution in [0.3, 0.4) is 0 Å². The molecule has 2 N–H and O–H groups in total. The van der Waals surface area contributed by atoms with Gasteiger partial charge < -0.3 is 5.73 Å². The summed E-state index contributed by atoms with van der Waals surface area (Å²) in [5, 5.41) is 12.4. The number of fused-ring (bicyclic) bond motifs is 1. The van der Waals surface area contributed by atoms with Crippen LogP contribution < -0.4 is 5.73 Å². The SMILES string of the molecule is Nc1c2c(nn1-c1cccnn1)CCCC2. The number of aryl methyl sites for hydroxylation is 1. The molecule has 3 rings (SSSR count). The van der Waals surface area contributed by atoms with Crippen LogP contribution in [0.5, 0.6) is 0 Å². The largest absolute Gasteiger partial charge is 0.383 e. The summed E-state index contributed by atoms with van der Waals surface area (Å²) in [5.41, 5.74) is 8.40. The van der Waals surface area contributed by atoms with Crippen molar-refractivity contribution < 1.29 is 0 Å². The Labute approximate surface area is 93.3 Å². The third kappa shape index (κ3) is 1.36. The standard InChI is InChI=1S/C11H13N5/c12-11-8-4-1-2-5-9(8)15-16(11)10-6-3-7-13-14-10/h3,6-7H,1-2,4-5,12H2. The average Bonchev–Trinajstić information content (AvgIpc) is 2.69. The van der Waals surface area contributed by atoms with Gasteiger partial charge in [-0.05, 0) is 37.8 Å².